The summed E-state index contributed by atoms with van der Waals surface area (Å²) in [6.07, 6.45) is 0.610. The SMILES string of the molecule is CC[C@@H]1C[C@H](N)C[C@@H]1n1c(C(F)(F)F)nc2cnc3[nH]ccc3c21. The van der Waals surface area contributed by atoms with Crippen LogP contribution in [0.15, 0.2) is 18.5 Å². The first-order valence-electron chi connectivity index (χ1n) is 8.07. The lowest BCUT2D eigenvalue weighted by molar-refractivity contribution is -0.147. The summed E-state index contributed by atoms with van der Waals surface area (Å²) in [5, 5.41) is 0.658. The molecule has 3 heterocycles. The number of hydrogen-bond acceptors (Lipinski definition) is 3. The lowest BCUT2D eigenvalue weighted by Crippen LogP contribution is -2.22. The lowest BCUT2D eigenvalue weighted by atomic mass is 10.00. The highest BCUT2D eigenvalue weighted by Gasteiger charge is 2.43. The number of aromatic nitrogens is 4. The largest absolute Gasteiger partial charge is 0.449 e. The standard InChI is InChI=1S/C16H18F3N5/c1-2-8-5-9(20)6-12(8)24-13-10-3-4-21-14(10)22-7-11(13)23-15(24)16(17,18)19/h3-4,7-9,12H,2,5-6,20H2,1H3,(H,21,22)/t8-,9+,12+/m1/s1. The van der Waals surface area contributed by atoms with E-state index in [9.17, 15) is 13.2 Å². The molecule has 0 unspecified atom stereocenters. The number of fused-ring (bicyclic) bond motifs is 3. The number of hydrogen-bond donors (Lipinski definition) is 2. The van der Waals surface area contributed by atoms with E-state index in [0.29, 0.717) is 23.0 Å². The zero-order valence-corrected chi connectivity index (χ0v) is 13.1. The molecule has 128 valence electrons. The van der Waals surface area contributed by atoms with E-state index in [1.54, 1.807) is 12.3 Å². The van der Waals surface area contributed by atoms with E-state index in [-0.39, 0.29) is 23.5 Å². The molecule has 1 fully saturated rings. The van der Waals surface area contributed by atoms with Gasteiger partial charge in [-0.3, -0.25) is 0 Å². The van der Waals surface area contributed by atoms with E-state index in [0.717, 1.165) is 12.8 Å². The molecule has 0 amide bonds. The molecule has 3 N–H and O–H groups in total. The third kappa shape index (κ3) is 2.20. The predicted molar refractivity (Wildman–Crippen MR) is 84.4 cm³/mol. The zero-order chi connectivity index (χ0) is 17.1. The van der Waals surface area contributed by atoms with Crippen LogP contribution in [0.25, 0.3) is 22.1 Å². The zero-order valence-electron chi connectivity index (χ0n) is 13.1. The van der Waals surface area contributed by atoms with Gasteiger partial charge in [-0.25, -0.2) is 9.97 Å². The van der Waals surface area contributed by atoms with E-state index in [1.807, 2.05) is 6.92 Å². The van der Waals surface area contributed by atoms with Gasteiger partial charge < -0.3 is 15.3 Å². The highest BCUT2D eigenvalue weighted by molar-refractivity contribution is 6.01. The highest BCUT2D eigenvalue weighted by Crippen LogP contribution is 2.44. The first kappa shape index (κ1) is 15.4. The number of pyridine rings is 1. The van der Waals surface area contributed by atoms with Crippen molar-refractivity contribution in [3.63, 3.8) is 0 Å². The van der Waals surface area contributed by atoms with Crippen LogP contribution in [-0.2, 0) is 6.18 Å². The molecular formula is C16H18F3N5. The van der Waals surface area contributed by atoms with Gasteiger partial charge in [0.05, 0.1) is 11.7 Å². The Hall–Kier alpha value is -2.09. The highest BCUT2D eigenvalue weighted by atomic mass is 19.4. The van der Waals surface area contributed by atoms with Crippen LogP contribution in [0.1, 0.15) is 38.1 Å². The summed E-state index contributed by atoms with van der Waals surface area (Å²) in [5.41, 5.74) is 7.38. The number of H-pyrrole nitrogens is 1. The molecule has 0 bridgehead atoms. The first-order chi connectivity index (χ1) is 11.4. The topological polar surface area (TPSA) is 72.5 Å². The summed E-state index contributed by atoms with van der Waals surface area (Å²) in [6, 6.07) is 1.37. The maximum Gasteiger partial charge on any atom is 0.449 e. The van der Waals surface area contributed by atoms with Gasteiger partial charge in [-0.1, -0.05) is 13.3 Å². The average Bonchev–Trinajstić information content (AvgIpc) is 3.19. The van der Waals surface area contributed by atoms with Gasteiger partial charge in [-0.15, -0.1) is 0 Å². The van der Waals surface area contributed by atoms with Crippen LogP contribution in [0.3, 0.4) is 0 Å². The maximum atomic E-state index is 13.7. The molecule has 0 aromatic carbocycles. The van der Waals surface area contributed by atoms with Crippen molar-refractivity contribution in [2.24, 2.45) is 11.7 Å². The molecule has 24 heavy (non-hydrogen) atoms. The summed E-state index contributed by atoms with van der Waals surface area (Å²) in [7, 11) is 0. The van der Waals surface area contributed by atoms with Gasteiger partial charge in [0.15, 0.2) is 0 Å². The molecular weight excluding hydrogens is 319 g/mol. The van der Waals surface area contributed by atoms with Crippen LogP contribution in [-0.4, -0.2) is 25.6 Å². The molecule has 5 nitrogen and oxygen atoms in total. The minimum Gasteiger partial charge on any atom is -0.346 e. The minimum atomic E-state index is -4.52. The van der Waals surface area contributed by atoms with Crippen molar-refractivity contribution in [1.29, 1.82) is 0 Å². The van der Waals surface area contributed by atoms with Gasteiger partial charge in [0, 0.05) is 23.7 Å². The minimum absolute atomic E-state index is 0.0814. The van der Waals surface area contributed by atoms with Gasteiger partial charge in [0.2, 0.25) is 5.82 Å². The maximum absolute atomic E-state index is 13.7. The molecule has 3 aromatic heterocycles. The second-order valence-electron chi connectivity index (χ2n) is 6.50. The van der Waals surface area contributed by atoms with Crippen molar-refractivity contribution in [2.75, 3.05) is 0 Å². The van der Waals surface area contributed by atoms with Crippen molar-refractivity contribution < 1.29 is 13.2 Å². The monoisotopic (exact) mass is 337 g/mol. The number of aromatic amines is 1. The summed E-state index contributed by atoms with van der Waals surface area (Å²) in [4.78, 5) is 11.0. The van der Waals surface area contributed by atoms with E-state index < -0.39 is 12.0 Å². The third-order valence-electron chi connectivity index (χ3n) is 5.04. The fraction of sp³-hybridized carbons (Fsp3) is 0.500. The van der Waals surface area contributed by atoms with Crippen LogP contribution in [0.5, 0.6) is 0 Å². The molecule has 0 spiro atoms. The van der Waals surface area contributed by atoms with Crippen LogP contribution < -0.4 is 5.73 Å². The molecule has 1 aliphatic rings. The predicted octanol–water partition coefficient (Wildman–Crippen LogP) is 3.62. The third-order valence-corrected chi connectivity index (χ3v) is 5.04. The average molecular weight is 337 g/mol. The molecule has 1 aliphatic carbocycles. The molecule has 8 heteroatoms. The van der Waals surface area contributed by atoms with Gasteiger partial charge in [-0.2, -0.15) is 13.2 Å². The van der Waals surface area contributed by atoms with Gasteiger partial charge >= 0.3 is 6.18 Å². The van der Waals surface area contributed by atoms with Crippen molar-refractivity contribution in [2.45, 2.75) is 44.4 Å². The normalized spacial score (nSPS) is 25.1. The Balaban J connectivity index is 2.05. The molecule has 4 rings (SSSR count). The molecule has 0 saturated heterocycles. The Labute approximate surface area is 136 Å². The van der Waals surface area contributed by atoms with Crippen LogP contribution in [0, 0.1) is 5.92 Å². The van der Waals surface area contributed by atoms with E-state index in [4.69, 9.17) is 5.73 Å². The summed E-state index contributed by atoms with van der Waals surface area (Å²) < 4.78 is 42.3. The number of imidazole rings is 1. The quantitative estimate of drug-likeness (QED) is 0.750. The summed E-state index contributed by atoms with van der Waals surface area (Å²) in [5.74, 6) is -0.744. The fourth-order valence-corrected chi connectivity index (χ4v) is 4.01. The van der Waals surface area contributed by atoms with E-state index in [2.05, 4.69) is 15.0 Å². The number of nitrogens with zero attached hydrogens (tertiary/aromatic N) is 3. The smallest absolute Gasteiger partial charge is 0.346 e. The van der Waals surface area contributed by atoms with Crippen molar-refractivity contribution in [3.8, 4) is 0 Å². The number of rotatable bonds is 2. The van der Waals surface area contributed by atoms with Gasteiger partial charge in [0.1, 0.15) is 11.2 Å². The first-order valence-corrected chi connectivity index (χ1v) is 8.07. The van der Waals surface area contributed by atoms with Crippen LogP contribution in [0.4, 0.5) is 13.2 Å². The fourth-order valence-electron chi connectivity index (χ4n) is 4.01. The Morgan fingerprint density at radius 2 is 2.17 bits per heavy atom. The van der Waals surface area contributed by atoms with Gasteiger partial charge in [0.25, 0.3) is 0 Å². The Morgan fingerprint density at radius 1 is 1.38 bits per heavy atom. The van der Waals surface area contributed by atoms with Crippen LogP contribution in [0.2, 0.25) is 0 Å². The number of halogens is 3. The second-order valence-corrected chi connectivity index (χ2v) is 6.50. The van der Waals surface area contributed by atoms with Crippen molar-refractivity contribution in [3.05, 3.63) is 24.3 Å². The Kier molecular flexibility index (Phi) is 3.35. The Morgan fingerprint density at radius 3 is 2.88 bits per heavy atom. The van der Waals surface area contributed by atoms with E-state index in [1.165, 1.54) is 10.8 Å². The van der Waals surface area contributed by atoms with Crippen molar-refractivity contribution >= 4 is 22.1 Å². The van der Waals surface area contributed by atoms with Crippen LogP contribution >= 0.6 is 0 Å². The lowest BCUT2D eigenvalue weighted by Gasteiger charge is -2.23. The molecule has 3 aromatic rings. The Bertz CT molecular complexity index is 894. The van der Waals surface area contributed by atoms with E-state index >= 15 is 0 Å². The van der Waals surface area contributed by atoms with Crippen molar-refractivity contribution in [1.82, 2.24) is 19.5 Å². The molecule has 3 atom stereocenters. The number of alkyl halides is 3. The summed E-state index contributed by atoms with van der Waals surface area (Å²) >= 11 is 0. The molecule has 1 saturated carbocycles. The second kappa shape index (κ2) is 5.20. The molecule has 0 aliphatic heterocycles. The number of nitrogens with one attached hydrogen (secondary N) is 1. The summed E-state index contributed by atoms with van der Waals surface area (Å²) in [6.45, 7) is 2.00. The molecule has 0 radical (unpaired) electrons. The van der Waals surface area contributed by atoms with Gasteiger partial charge in [-0.05, 0) is 24.8 Å². The number of nitrogens with two attached hydrogens (primary N) is 1.